The summed E-state index contributed by atoms with van der Waals surface area (Å²) in [7, 11) is 1.58. The number of nitrogens with zero attached hydrogens (tertiary/aromatic N) is 1. The summed E-state index contributed by atoms with van der Waals surface area (Å²) in [6.45, 7) is 2.21. The summed E-state index contributed by atoms with van der Waals surface area (Å²) in [5, 5.41) is 9.49. The molecular weight excluding hydrogens is 190 g/mol. The van der Waals surface area contributed by atoms with Crippen LogP contribution in [0.2, 0.25) is 0 Å². The Morgan fingerprint density at radius 1 is 1.20 bits per heavy atom. The van der Waals surface area contributed by atoms with E-state index in [1.54, 1.807) is 13.2 Å². The molecule has 1 fully saturated rings. The van der Waals surface area contributed by atoms with Crippen LogP contribution in [0.4, 0.5) is 5.69 Å². The second kappa shape index (κ2) is 4.43. The van der Waals surface area contributed by atoms with Crippen molar-refractivity contribution in [1.29, 1.82) is 0 Å². The largest absolute Gasteiger partial charge is 0.504 e. The molecule has 0 atom stereocenters. The second-order valence-corrected chi connectivity index (χ2v) is 3.90. The molecular formula is C12H17NO2. The van der Waals surface area contributed by atoms with Gasteiger partial charge in [-0.05, 0) is 31.4 Å². The van der Waals surface area contributed by atoms with Gasteiger partial charge in [0.05, 0.1) is 7.11 Å². The van der Waals surface area contributed by atoms with E-state index < -0.39 is 0 Å². The zero-order valence-corrected chi connectivity index (χ0v) is 9.07. The van der Waals surface area contributed by atoms with Gasteiger partial charge in [0, 0.05) is 24.8 Å². The van der Waals surface area contributed by atoms with Crippen molar-refractivity contribution in [2.24, 2.45) is 0 Å². The molecule has 0 bridgehead atoms. The average Bonchev–Trinajstić information content (AvgIpc) is 2.31. The summed E-state index contributed by atoms with van der Waals surface area (Å²) in [4.78, 5) is 2.34. The number of hydrogen-bond donors (Lipinski definition) is 1. The van der Waals surface area contributed by atoms with Crippen LogP contribution < -0.4 is 9.64 Å². The third kappa shape index (κ3) is 2.17. The number of ether oxygens (including phenoxy) is 1. The van der Waals surface area contributed by atoms with E-state index in [2.05, 4.69) is 4.90 Å². The molecule has 15 heavy (non-hydrogen) atoms. The fourth-order valence-electron chi connectivity index (χ4n) is 2.02. The van der Waals surface area contributed by atoms with Crippen molar-refractivity contribution >= 4 is 5.69 Å². The Morgan fingerprint density at radius 2 is 1.93 bits per heavy atom. The lowest BCUT2D eigenvalue weighted by atomic mass is 10.1. The fourth-order valence-corrected chi connectivity index (χ4v) is 2.02. The fraction of sp³-hybridized carbons (Fsp3) is 0.500. The highest BCUT2D eigenvalue weighted by Gasteiger charge is 2.12. The first-order chi connectivity index (χ1) is 7.31. The molecule has 1 aromatic rings. The smallest absolute Gasteiger partial charge is 0.162 e. The summed E-state index contributed by atoms with van der Waals surface area (Å²) in [5.74, 6) is 0.760. The molecule has 0 aliphatic carbocycles. The number of hydrogen-bond acceptors (Lipinski definition) is 3. The van der Waals surface area contributed by atoms with Gasteiger partial charge in [-0.25, -0.2) is 0 Å². The predicted molar refractivity (Wildman–Crippen MR) is 60.7 cm³/mol. The van der Waals surface area contributed by atoms with E-state index in [1.807, 2.05) is 12.1 Å². The molecule has 0 aromatic heterocycles. The van der Waals surface area contributed by atoms with Gasteiger partial charge < -0.3 is 14.7 Å². The molecule has 0 saturated carbocycles. The zero-order valence-electron chi connectivity index (χ0n) is 9.07. The van der Waals surface area contributed by atoms with Crippen LogP contribution in [0, 0.1) is 0 Å². The normalized spacial score (nSPS) is 16.5. The molecule has 0 radical (unpaired) electrons. The molecule has 3 heteroatoms. The SMILES string of the molecule is COc1cc(N2CCCCC2)ccc1O. The maximum atomic E-state index is 9.49. The minimum atomic E-state index is 0.207. The minimum absolute atomic E-state index is 0.207. The number of benzene rings is 1. The number of phenols is 1. The second-order valence-electron chi connectivity index (χ2n) is 3.90. The van der Waals surface area contributed by atoms with Gasteiger partial charge in [0.2, 0.25) is 0 Å². The lowest BCUT2D eigenvalue weighted by Gasteiger charge is -2.29. The summed E-state index contributed by atoms with van der Waals surface area (Å²) in [5.41, 5.74) is 1.14. The predicted octanol–water partition coefficient (Wildman–Crippen LogP) is 2.39. The van der Waals surface area contributed by atoms with E-state index >= 15 is 0 Å². The number of rotatable bonds is 2. The molecule has 1 heterocycles. The topological polar surface area (TPSA) is 32.7 Å². The highest BCUT2D eigenvalue weighted by atomic mass is 16.5. The molecule has 0 unspecified atom stereocenters. The van der Waals surface area contributed by atoms with Gasteiger partial charge in [-0.15, -0.1) is 0 Å². The van der Waals surface area contributed by atoms with Crippen molar-refractivity contribution < 1.29 is 9.84 Å². The number of methoxy groups -OCH3 is 1. The Bertz CT molecular complexity index is 332. The molecule has 1 aliphatic rings. The molecule has 1 N–H and O–H groups in total. The molecule has 2 rings (SSSR count). The minimum Gasteiger partial charge on any atom is -0.504 e. The van der Waals surface area contributed by atoms with Gasteiger partial charge >= 0.3 is 0 Å². The number of aromatic hydroxyl groups is 1. The van der Waals surface area contributed by atoms with Crippen LogP contribution in [0.15, 0.2) is 18.2 Å². The third-order valence-corrected chi connectivity index (χ3v) is 2.88. The summed E-state index contributed by atoms with van der Waals surface area (Å²) < 4.78 is 5.10. The maximum absolute atomic E-state index is 9.49. The summed E-state index contributed by atoms with van der Waals surface area (Å²) >= 11 is 0. The lowest BCUT2D eigenvalue weighted by Crippen LogP contribution is -2.29. The van der Waals surface area contributed by atoms with E-state index in [4.69, 9.17) is 4.74 Å². The molecule has 1 saturated heterocycles. The number of anilines is 1. The van der Waals surface area contributed by atoms with E-state index in [0.717, 1.165) is 18.8 Å². The summed E-state index contributed by atoms with van der Waals surface area (Å²) in [6.07, 6.45) is 3.83. The van der Waals surface area contributed by atoms with Crippen LogP contribution in [-0.2, 0) is 0 Å². The van der Waals surface area contributed by atoms with Gasteiger partial charge in [-0.1, -0.05) is 0 Å². The zero-order chi connectivity index (χ0) is 10.7. The monoisotopic (exact) mass is 207 g/mol. The molecule has 3 nitrogen and oxygen atoms in total. The summed E-state index contributed by atoms with van der Waals surface area (Å²) in [6, 6.07) is 5.55. The Balaban J connectivity index is 2.20. The van der Waals surface area contributed by atoms with Crippen molar-refractivity contribution in [3.05, 3.63) is 18.2 Å². The standard InChI is InChI=1S/C12H17NO2/c1-15-12-9-10(5-6-11(12)14)13-7-3-2-4-8-13/h5-6,9,14H,2-4,7-8H2,1H3. The van der Waals surface area contributed by atoms with Crippen molar-refractivity contribution in [3.8, 4) is 11.5 Å². The molecule has 0 amide bonds. The van der Waals surface area contributed by atoms with Gasteiger partial charge in [-0.3, -0.25) is 0 Å². The number of piperidine rings is 1. The van der Waals surface area contributed by atoms with E-state index in [9.17, 15) is 5.11 Å². The lowest BCUT2D eigenvalue weighted by molar-refractivity contribution is 0.373. The van der Waals surface area contributed by atoms with Gasteiger partial charge in [0.1, 0.15) is 0 Å². The van der Waals surface area contributed by atoms with Crippen LogP contribution >= 0.6 is 0 Å². The van der Waals surface area contributed by atoms with Crippen molar-refractivity contribution in [2.45, 2.75) is 19.3 Å². The van der Waals surface area contributed by atoms with Crippen LogP contribution in [0.3, 0.4) is 0 Å². The highest BCUT2D eigenvalue weighted by Crippen LogP contribution is 2.31. The Hall–Kier alpha value is -1.38. The third-order valence-electron chi connectivity index (χ3n) is 2.88. The van der Waals surface area contributed by atoms with Crippen molar-refractivity contribution in [2.75, 3.05) is 25.1 Å². The van der Waals surface area contributed by atoms with E-state index in [1.165, 1.54) is 19.3 Å². The van der Waals surface area contributed by atoms with Gasteiger partial charge in [0.15, 0.2) is 11.5 Å². The Morgan fingerprint density at radius 3 is 2.60 bits per heavy atom. The number of phenolic OH excluding ortho intramolecular Hbond substituents is 1. The van der Waals surface area contributed by atoms with Crippen LogP contribution in [-0.4, -0.2) is 25.3 Å². The van der Waals surface area contributed by atoms with Gasteiger partial charge in [-0.2, -0.15) is 0 Å². The first-order valence-electron chi connectivity index (χ1n) is 5.43. The molecule has 1 aromatic carbocycles. The molecule has 82 valence electrons. The first kappa shape index (κ1) is 10.1. The molecule has 0 spiro atoms. The first-order valence-corrected chi connectivity index (χ1v) is 5.43. The quantitative estimate of drug-likeness (QED) is 0.808. The van der Waals surface area contributed by atoms with E-state index in [-0.39, 0.29) is 5.75 Å². The van der Waals surface area contributed by atoms with Crippen molar-refractivity contribution in [3.63, 3.8) is 0 Å². The Labute approximate surface area is 90.3 Å². The van der Waals surface area contributed by atoms with E-state index in [0.29, 0.717) is 5.75 Å². The highest BCUT2D eigenvalue weighted by molar-refractivity contribution is 5.56. The van der Waals surface area contributed by atoms with Crippen LogP contribution in [0.5, 0.6) is 11.5 Å². The van der Waals surface area contributed by atoms with Crippen LogP contribution in [0.25, 0.3) is 0 Å². The Kier molecular flexibility index (Phi) is 2.99. The average molecular weight is 207 g/mol. The van der Waals surface area contributed by atoms with Crippen molar-refractivity contribution in [1.82, 2.24) is 0 Å². The van der Waals surface area contributed by atoms with Gasteiger partial charge in [0.25, 0.3) is 0 Å². The maximum Gasteiger partial charge on any atom is 0.162 e. The van der Waals surface area contributed by atoms with Crippen LogP contribution in [0.1, 0.15) is 19.3 Å². The molecule has 1 aliphatic heterocycles.